The molecule has 0 aliphatic heterocycles. The van der Waals surface area contributed by atoms with Crippen LogP contribution in [0.15, 0.2) is 91.0 Å². The van der Waals surface area contributed by atoms with Crippen LogP contribution in [0, 0.1) is 6.92 Å². The summed E-state index contributed by atoms with van der Waals surface area (Å²) < 4.78 is 9.72. The molecule has 3 aromatic rings. The predicted octanol–water partition coefficient (Wildman–Crippen LogP) is 6.75. The van der Waals surface area contributed by atoms with Gasteiger partial charge in [0.2, 0.25) is 0 Å². The predicted molar refractivity (Wildman–Crippen MR) is 151 cm³/mol. The third-order valence-electron chi connectivity index (χ3n) is 4.67. The molecule has 5 nitrogen and oxygen atoms in total. The van der Waals surface area contributed by atoms with Crippen molar-refractivity contribution in [3.8, 4) is 0 Å². The summed E-state index contributed by atoms with van der Waals surface area (Å²) in [4.78, 5) is 20.7. The number of carbonyl (C=O) groups excluding carboxylic acids is 2. The van der Waals surface area contributed by atoms with Gasteiger partial charge in [-0.15, -0.1) is 0 Å². The minimum absolute atomic E-state index is 0.240. The Hall–Kier alpha value is -3.28. The lowest BCUT2D eigenvalue weighted by atomic mass is 10.2. The fourth-order valence-electron chi connectivity index (χ4n) is 2.64. The van der Waals surface area contributed by atoms with Gasteiger partial charge < -0.3 is 14.6 Å². The Morgan fingerprint density at radius 2 is 1.11 bits per heavy atom. The maximum atomic E-state index is 10.3. The molecular formula is C32H44O5. The number of rotatable bonds is 8. The first-order chi connectivity index (χ1) is 17.8. The maximum Gasteiger partial charge on any atom is 0.313 e. The van der Waals surface area contributed by atoms with Crippen LogP contribution in [0.1, 0.15) is 57.2 Å². The van der Waals surface area contributed by atoms with E-state index in [1.54, 1.807) is 13.8 Å². The second-order valence-electron chi connectivity index (χ2n) is 8.32. The first-order valence-corrected chi connectivity index (χ1v) is 12.9. The molecule has 37 heavy (non-hydrogen) atoms. The molecule has 0 spiro atoms. The summed E-state index contributed by atoms with van der Waals surface area (Å²) >= 11 is 0. The summed E-state index contributed by atoms with van der Waals surface area (Å²) in [6.45, 7) is 10.6. The normalized spacial score (nSPS) is 9.49. The second kappa shape index (κ2) is 23.1. The zero-order chi connectivity index (χ0) is 27.7. The van der Waals surface area contributed by atoms with Crippen molar-refractivity contribution in [1.29, 1.82) is 0 Å². The Kier molecular flexibility index (Phi) is 21.1. The zero-order valence-corrected chi connectivity index (χ0v) is 23.1. The molecule has 0 aliphatic carbocycles. The van der Waals surface area contributed by atoms with Gasteiger partial charge >= 0.3 is 11.9 Å². The van der Waals surface area contributed by atoms with Gasteiger partial charge in [-0.05, 0) is 44.7 Å². The van der Waals surface area contributed by atoms with Crippen LogP contribution in [-0.4, -0.2) is 36.4 Å². The lowest BCUT2D eigenvalue weighted by molar-refractivity contribution is -0.159. The van der Waals surface area contributed by atoms with Crippen molar-refractivity contribution in [1.82, 2.24) is 0 Å². The standard InChI is InChI=1S/C11H16O.C8H10O.C7H8.C6H10O3/c1-10(2)12-9-8-11-6-4-3-5-7-11;9-7-6-8-4-2-1-3-5-8;1-7-5-3-2-4-6-7;1-3-5(7)9-6(8)4-2/h3-7,10H,8-9H2,1-2H3;1-5,9H,6-7H2;2-6H,1H3;3-4H2,1-2H3. The first kappa shape index (κ1) is 33.7. The lowest BCUT2D eigenvalue weighted by Crippen LogP contribution is -2.09. The van der Waals surface area contributed by atoms with E-state index in [0.717, 1.165) is 19.4 Å². The van der Waals surface area contributed by atoms with Gasteiger partial charge in [0, 0.05) is 19.4 Å². The highest BCUT2D eigenvalue weighted by Gasteiger charge is 2.03. The zero-order valence-electron chi connectivity index (χ0n) is 23.1. The van der Waals surface area contributed by atoms with Crippen LogP contribution in [0.25, 0.3) is 0 Å². The van der Waals surface area contributed by atoms with Crippen LogP contribution in [0.5, 0.6) is 0 Å². The smallest absolute Gasteiger partial charge is 0.313 e. The Bertz CT molecular complexity index is 911. The van der Waals surface area contributed by atoms with Crippen LogP contribution in [0.4, 0.5) is 0 Å². The molecule has 3 rings (SSSR count). The molecule has 0 saturated heterocycles. The van der Waals surface area contributed by atoms with Crippen LogP contribution in [0.3, 0.4) is 0 Å². The molecule has 5 heteroatoms. The molecular weight excluding hydrogens is 464 g/mol. The minimum Gasteiger partial charge on any atom is -0.396 e. The van der Waals surface area contributed by atoms with Gasteiger partial charge in [0.15, 0.2) is 0 Å². The van der Waals surface area contributed by atoms with Crippen LogP contribution in [-0.2, 0) is 31.9 Å². The van der Waals surface area contributed by atoms with E-state index in [0.29, 0.717) is 6.10 Å². The molecule has 0 fully saturated rings. The topological polar surface area (TPSA) is 72.8 Å². The van der Waals surface area contributed by atoms with Crippen molar-refractivity contribution in [3.63, 3.8) is 0 Å². The van der Waals surface area contributed by atoms with Gasteiger partial charge in [-0.1, -0.05) is 110 Å². The fraction of sp³-hybridized carbons (Fsp3) is 0.375. The third-order valence-corrected chi connectivity index (χ3v) is 4.67. The van der Waals surface area contributed by atoms with Crippen LogP contribution < -0.4 is 0 Å². The molecule has 0 atom stereocenters. The SMILES string of the molecule is CC(C)OCCc1ccccc1.CCC(=O)OC(=O)CC.Cc1ccccc1.OCCc1ccccc1. The molecule has 0 heterocycles. The molecule has 0 saturated carbocycles. The van der Waals surface area contributed by atoms with E-state index in [1.807, 2.05) is 54.6 Å². The van der Waals surface area contributed by atoms with Crippen molar-refractivity contribution in [3.05, 3.63) is 108 Å². The number of aliphatic hydroxyl groups excluding tert-OH is 1. The van der Waals surface area contributed by atoms with Gasteiger partial charge in [-0.2, -0.15) is 0 Å². The Balaban J connectivity index is 0.000000475. The Morgan fingerprint density at radius 1 is 0.703 bits per heavy atom. The number of benzene rings is 3. The van der Waals surface area contributed by atoms with E-state index in [9.17, 15) is 9.59 Å². The minimum atomic E-state index is -0.457. The second-order valence-corrected chi connectivity index (χ2v) is 8.32. The average Bonchev–Trinajstić information content (AvgIpc) is 2.91. The molecule has 202 valence electrons. The Labute approximate surface area is 223 Å². The maximum absolute atomic E-state index is 10.3. The molecule has 1 N–H and O–H groups in total. The summed E-state index contributed by atoms with van der Waals surface area (Å²) in [7, 11) is 0. The van der Waals surface area contributed by atoms with E-state index in [1.165, 1.54) is 16.7 Å². The van der Waals surface area contributed by atoms with E-state index < -0.39 is 11.9 Å². The first-order valence-electron chi connectivity index (χ1n) is 12.9. The summed E-state index contributed by atoms with van der Waals surface area (Å²) in [5, 5.41) is 8.52. The molecule has 0 aromatic heterocycles. The molecule has 0 bridgehead atoms. The summed E-state index contributed by atoms with van der Waals surface area (Å²) in [5.74, 6) is -0.913. The van der Waals surface area contributed by atoms with Gasteiger partial charge in [0.1, 0.15) is 0 Å². The van der Waals surface area contributed by atoms with Crippen molar-refractivity contribution < 1.29 is 24.2 Å². The van der Waals surface area contributed by atoms with E-state index in [-0.39, 0.29) is 19.4 Å². The summed E-state index contributed by atoms with van der Waals surface area (Å²) in [5.41, 5.74) is 3.86. The highest BCUT2D eigenvalue weighted by Crippen LogP contribution is 2.00. The molecule has 3 aromatic carbocycles. The monoisotopic (exact) mass is 508 g/mol. The van der Waals surface area contributed by atoms with Gasteiger partial charge in [-0.3, -0.25) is 9.59 Å². The molecule has 0 unspecified atom stereocenters. The number of esters is 2. The molecule has 0 aliphatic rings. The average molecular weight is 509 g/mol. The van der Waals surface area contributed by atoms with Crippen molar-refractivity contribution in [2.75, 3.05) is 13.2 Å². The third kappa shape index (κ3) is 21.7. The summed E-state index contributed by atoms with van der Waals surface area (Å²) in [6.07, 6.45) is 2.63. The molecule has 0 amide bonds. The van der Waals surface area contributed by atoms with Gasteiger partial charge in [0.25, 0.3) is 0 Å². The van der Waals surface area contributed by atoms with Crippen LogP contribution in [0.2, 0.25) is 0 Å². The van der Waals surface area contributed by atoms with Crippen molar-refractivity contribution >= 4 is 11.9 Å². The Morgan fingerprint density at radius 3 is 1.43 bits per heavy atom. The van der Waals surface area contributed by atoms with E-state index in [2.05, 4.69) is 61.9 Å². The van der Waals surface area contributed by atoms with E-state index in [4.69, 9.17) is 9.84 Å². The summed E-state index contributed by atoms with van der Waals surface area (Å²) in [6, 6.07) is 30.6. The number of aliphatic hydroxyl groups is 1. The number of ether oxygens (including phenoxy) is 2. The van der Waals surface area contributed by atoms with Gasteiger partial charge in [-0.25, -0.2) is 0 Å². The van der Waals surface area contributed by atoms with Crippen molar-refractivity contribution in [2.24, 2.45) is 0 Å². The largest absolute Gasteiger partial charge is 0.396 e. The number of aryl methyl sites for hydroxylation is 1. The van der Waals surface area contributed by atoms with Crippen molar-refractivity contribution in [2.45, 2.75) is 66.4 Å². The quantitative estimate of drug-likeness (QED) is 0.269. The number of hydrogen-bond acceptors (Lipinski definition) is 5. The highest BCUT2D eigenvalue weighted by atomic mass is 16.6. The lowest BCUT2D eigenvalue weighted by Gasteiger charge is -2.06. The van der Waals surface area contributed by atoms with Crippen LogP contribution >= 0.6 is 0 Å². The van der Waals surface area contributed by atoms with Gasteiger partial charge in [0.05, 0.1) is 12.7 Å². The molecule has 0 radical (unpaired) electrons. The fourth-order valence-corrected chi connectivity index (χ4v) is 2.64. The van der Waals surface area contributed by atoms with E-state index >= 15 is 0 Å². The number of carbonyl (C=O) groups is 2. The number of hydrogen-bond donors (Lipinski definition) is 1. The highest BCUT2D eigenvalue weighted by molar-refractivity contribution is 5.84.